The van der Waals surface area contributed by atoms with Crippen LogP contribution < -0.4 is 15.4 Å². The molecule has 0 spiro atoms. The highest BCUT2D eigenvalue weighted by molar-refractivity contribution is 14.0. The molecule has 0 saturated heterocycles. The van der Waals surface area contributed by atoms with Gasteiger partial charge in [-0.3, -0.25) is 4.99 Å². The molecule has 0 aliphatic rings. The lowest BCUT2D eigenvalue weighted by molar-refractivity contribution is 0.223. The average molecular weight is 500 g/mol. The summed E-state index contributed by atoms with van der Waals surface area (Å²) in [6, 6.07) is 12.1. The minimum atomic E-state index is 0. The SMILES string of the molecule is CCN(CC)CCOc1ccc(CNC(=NC)NCCc2ccco2)cc1.I. The van der Waals surface area contributed by atoms with Crippen LogP contribution in [0.1, 0.15) is 25.2 Å². The van der Waals surface area contributed by atoms with Crippen LogP contribution in [-0.4, -0.2) is 50.7 Å². The van der Waals surface area contributed by atoms with Crippen LogP contribution >= 0.6 is 24.0 Å². The first-order chi connectivity index (χ1) is 13.2. The van der Waals surface area contributed by atoms with Gasteiger partial charge in [0, 0.05) is 33.1 Å². The zero-order valence-electron chi connectivity index (χ0n) is 17.1. The third-order valence-electron chi connectivity index (χ3n) is 4.42. The number of benzene rings is 1. The number of likely N-dealkylation sites (N-methyl/N-ethyl adjacent to an activating group) is 1. The topological polar surface area (TPSA) is 62.0 Å². The number of halogens is 1. The van der Waals surface area contributed by atoms with Crippen molar-refractivity contribution in [2.24, 2.45) is 4.99 Å². The summed E-state index contributed by atoms with van der Waals surface area (Å²) in [6.45, 7) is 9.60. The Hall–Kier alpha value is -1.74. The van der Waals surface area contributed by atoms with E-state index >= 15 is 0 Å². The number of aliphatic imine (C=N–C) groups is 1. The van der Waals surface area contributed by atoms with Gasteiger partial charge in [-0.1, -0.05) is 26.0 Å². The van der Waals surface area contributed by atoms with Crippen molar-refractivity contribution in [3.8, 4) is 5.75 Å². The first-order valence-electron chi connectivity index (χ1n) is 9.66. The highest BCUT2D eigenvalue weighted by Crippen LogP contribution is 2.12. The Labute approximate surface area is 185 Å². The van der Waals surface area contributed by atoms with Crippen LogP contribution in [-0.2, 0) is 13.0 Å². The summed E-state index contributed by atoms with van der Waals surface area (Å²) >= 11 is 0. The van der Waals surface area contributed by atoms with Gasteiger partial charge < -0.3 is 24.7 Å². The Balaban J connectivity index is 0.00000392. The Morgan fingerprint density at radius 2 is 1.86 bits per heavy atom. The highest BCUT2D eigenvalue weighted by Gasteiger charge is 2.02. The van der Waals surface area contributed by atoms with Gasteiger partial charge >= 0.3 is 0 Å². The van der Waals surface area contributed by atoms with Crippen LogP contribution in [0, 0.1) is 0 Å². The van der Waals surface area contributed by atoms with Crippen molar-refractivity contribution >= 4 is 29.9 Å². The van der Waals surface area contributed by atoms with Gasteiger partial charge in [0.2, 0.25) is 0 Å². The summed E-state index contributed by atoms with van der Waals surface area (Å²) in [5.74, 6) is 2.66. The molecule has 0 saturated carbocycles. The van der Waals surface area contributed by atoms with Gasteiger partial charge in [-0.15, -0.1) is 24.0 Å². The predicted molar refractivity (Wildman–Crippen MR) is 126 cm³/mol. The minimum Gasteiger partial charge on any atom is -0.492 e. The molecule has 7 heteroatoms. The largest absolute Gasteiger partial charge is 0.492 e. The first kappa shape index (κ1) is 24.3. The van der Waals surface area contributed by atoms with E-state index in [1.807, 2.05) is 24.3 Å². The average Bonchev–Trinajstić information content (AvgIpc) is 3.22. The molecular weight excluding hydrogens is 467 g/mol. The molecule has 0 aliphatic heterocycles. The second-order valence-corrected chi connectivity index (χ2v) is 6.20. The summed E-state index contributed by atoms with van der Waals surface area (Å²) in [5, 5.41) is 6.61. The Morgan fingerprint density at radius 1 is 1.11 bits per heavy atom. The Kier molecular flexibility index (Phi) is 12.4. The number of ether oxygens (including phenoxy) is 1. The van der Waals surface area contributed by atoms with E-state index in [-0.39, 0.29) is 24.0 Å². The zero-order valence-corrected chi connectivity index (χ0v) is 19.4. The molecule has 156 valence electrons. The van der Waals surface area contributed by atoms with Crippen molar-refractivity contribution in [1.29, 1.82) is 0 Å². The molecule has 0 radical (unpaired) electrons. The second kappa shape index (κ2) is 14.3. The van der Waals surface area contributed by atoms with Crippen LogP contribution in [0.4, 0.5) is 0 Å². The number of hydrogen-bond acceptors (Lipinski definition) is 4. The number of rotatable bonds is 11. The van der Waals surface area contributed by atoms with Crippen molar-refractivity contribution in [2.75, 3.05) is 39.8 Å². The molecule has 0 bridgehead atoms. The van der Waals surface area contributed by atoms with Crippen molar-refractivity contribution in [1.82, 2.24) is 15.5 Å². The molecule has 6 nitrogen and oxygen atoms in total. The molecule has 2 rings (SSSR count). The monoisotopic (exact) mass is 500 g/mol. The van der Waals surface area contributed by atoms with E-state index in [9.17, 15) is 0 Å². The summed E-state index contributed by atoms with van der Waals surface area (Å²) in [6.07, 6.45) is 2.52. The second-order valence-electron chi connectivity index (χ2n) is 6.20. The molecule has 0 atom stereocenters. The lowest BCUT2D eigenvalue weighted by atomic mass is 10.2. The van der Waals surface area contributed by atoms with Gasteiger partial charge in [0.05, 0.1) is 6.26 Å². The normalized spacial score (nSPS) is 11.2. The zero-order chi connectivity index (χ0) is 19.3. The van der Waals surface area contributed by atoms with Gasteiger partial charge in [-0.2, -0.15) is 0 Å². The van der Waals surface area contributed by atoms with Gasteiger partial charge in [0.15, 0.2) is 5.96 Å². The minimum absolute atomic E-state index is 0. The quantitative estimate of drug-likeness (QED) is 0.281. The van der Waals surface area contributed by atoms with Crippen molar-refractivity contribution in [2.45, 2.75) is 26.8 Å². The molecule has 0 unspecified atom stereocenters. The maximum atomic E-state index is 5.82. The third-order valence-corrected chi connectivity index (χ3v) is 4.42. The van der Waals surface area contributed by atoms with Crippen LogP contribution in [0.15, 0.2) is 52.1 Å². The van der Waals surface area contributed by atoms with E-state index in [2.05, 4.69) is 46.5 Å². The van der Waals surface area contributed by atoms with Crippen molar-refractivity contribution in [3.05, 3.63) is 54.0 Å². The summed E-state index contributed by atoms with van der Waals surface area (Å²) < 4.78 is 11.2. The molecule has 1 aromatic heterocycles. The molecule has 2 N–H and O–H groups in total. The number of guanidine groups is 1. The van der Waals surface area contributed by atoms with Crippen molar-refractivity contribution < 1.29 is 9.15 Å². The summed E-state index contributed by atoms with van der Waals surface area (Å²) in [7, 11) is 1.77. The number of hydrogen-bond donors (Lipinski definition) is 2. The fourth-order valence-corrected chi connectivity index (χ4v) is 2.70. The molecule has 0 aliphatic carbocycles. The Bertz CT molecular complexity index is 656. The van der Waals surface area contributed by atoms with Gasteiger partial charge in [0.25, 0.3) is 0 Å². The molecule has 0 amide bonds. The van der Waals surface area contributed by atoms with E-state index in [4.69, 9.17) is 9.15 Å². The van der Waals surface area contributed by atoms with Crippen LogP contribution in [0.25, 0.3) is 0 Å². The van der Waals surface area contributed by atoms with E-state index < -0.39 is 0 Å². The molecule has 28 heavy (non-hydrogen) atoms. The maximum Gasteiger partial charge on any atom is 0.191 e. The van der Waals surface area contributed by atoms with Crippen LogP contribution in [0.5, 0.6) is 5.75 Å². The lowest BCUT2D eigenvalue weighted by Crippen LogP contribution is -2.37. The number of nitrogens with zero attached hydrogens (tertiary/aromatic N) is 2. The van der Waals surface area contributed by atoms with Gasteiger partial charge in [-0.25, -0.2) is 0 Å². The predicted octanol–water partition coefficient (Wildman–Crippen LogP) is 3.53. The highest BCUT2D eigenvalue weighted by atomic mass is 127. The molecule has 2 aromatic rings. The third kappa shape index (κ3) is 8.97. The van der Waals surface area contributed by atoms with Crippen LogP contribution in [0.2, 0.25) is 0 Å². The van der Waals surface area contributed by atoms with E-state index in [1.54, 1.807) is 13.3 Å². The fraction of sp³-hybridized carbons (Fsp3) is 0.476. The molecule has 1 heterocycles. The molecule has 0 fully saturated rings. The Morgan fingerprint density at radius 3 is 2.46 bits per heavy atom. The molecule has 1 aromatic carbocycles. The van der Waals surface area contributed by atoms with Crippen LogP contribution in [0.3, 0.4) is 0 Å². The van der Waals surface area contributed by atoms with E-state index in [0.717, 1.165) is 50.1 Å². The van der Waals surface area contributed by atoms with Gasteiger partial charge in [0.1, 0.15) is 18.1 Å². The smallest absolute Gasteiger partial charge is 0.191 e. The number of nitrogens with one attached hydrogen (secondary N) is 2. The fourth-order valence-electron chi connectivity index (χ4n) is 2.70. The van der Waals surface area contributed by atoms with Crippen molar-refractivity contribution in [3.63, 3.8) is 0 Å². The van der Waals surface area contributed by atoms with Gasteiger partial charge in [-0.05, 0) is 42.9 Å². The molecular formula is C21H33IN4O2. The number of furan rings is 1. The summed E-state index contributed by atoms with van der Waals surface area (Å²) in [5.41, 5.74) is 1.18. The van der Waals surface area contributed by atoms with E-state index in [1.165, 1.54) is 5.56 Å². The maximum absolute atomic E-state index is 5.82. The first-order valence-corrected chi connectivity index (χ1v) is 9.66. The van der Waals surface area contributed by atoms with E-state index in [0.29, 0.717) is 13.2 Å². The standard InChI is InChI=1S/C21H32N4O2.HI/c1-4-25(5-2)14-16-27-20-10-8-18(9-11-20)17-24-21(22-3)23-13-12-19-7-6-15-26-19;/h6-11,15H,4-5,12-14,16-17H2,1-3H3,(H2,22,23,24);1H. The lowest BCUT2D eigenvalue weighted by Gasteiger charge is -2.18. The summed E-state index contributed by atoms with van der Waals surface area (Å²) in [4.78, 5) is 6.60.